The van der Waals surface area contributed by atoms with Gasteiger partial charge in [-0.3, -0.25) is 43.4 Å². The van der Waals surface area contributed by atoms with E-state index in [0.29, 0.717) is 34.6 Å². The largest absolute Gasteiger partial charge is 0.463 e. The molecule has 4 amide bonds. The molecule has 6 heterocycles. The third-order valence-corrected chi connectivity index (χ3v) is 14.0. The molecule has 2 aromatic carbocycles. The second-order valence-electron chi connectivity index (χ2n) is 20.2. The van der Waals surface area contributed by atoms with Crippen LogP contribution in [0.15, 0.2) is 82.5 Å². The Morgan fingerprint density at radius 3 is 2.23 bits per heavy atom. The molecule has 28 nitrogen and oxygen atoms in total. The Morgan fingerprint density at radius 1 is 0.838 bits per heavy atom. The lowest BCUT2D eigenvalue weighted by atomic mass is 9.91. The van der Waals surface area contributed by atoms with Gasteiger partial charge in [-0.2, -0.15) is 0 Å². The fourth-order valence-electron chi connectivity index (χ4n) is 9.84. The summed E-state index contributed by atoms with van der Waals surface area (Å²) in [6.07, 6.45) is -21.0. The van der Waals surface area contributed by atoms with Gasteiger partial charge >= 0.3 is 11.7 Å². The van der Waals surface area contributed by atoms with Crippen LogP contribution in [0, 0.1) is 5.92 Å². The van der Waals surface area contributed by atoms with Crippen molar-refractivity contribution in [3.63, 3.8) is 0 Å². The first kappa shape index (κ1) is 57.6. The molecule has 8 rings (SSSR count). The molecule has 4 aliphatic heterocycles. The lowest BCUT2D eigenvalue weighted by Gasteiger charge is -2.47. The number of para-hydroxylation sites is 1. The van der Waals surface area contributed by atoms with Gasteiger partial charge in [-0.15, -0.1) is 5.10 Å². The molecule has 0 saturated carbocycles. The zero-order chi connectivity index (χ0) is 58.4. The van der Waals surface area contributed by atoms with Crippen molar-refractivity contribution >= 4 is 35.3 Å². The van der Waals surface area contributed by atoms with Crippen molar-refractivity contribution < 1.29 is 84.8 Å². The Hall–Kier alpha value is -7.09. The molecular weight excluding hydrogens is 1050 g/mol. The summed E-state index contributed by atoms with van der Waals surface area (Å²) in [5, 5.41) is 95.3. The van der Waals surface area contributed by atoms with Crippen molar-refractivity contribution in [1.82, 2.24) is 40.9 Å². The lowest BCUT2D eigenvalue weighted by molar-refractivity contribution is -0.347. The van der Waals surface area contributed by atoms with Gasteiger partial charge in [0, 0.05) is 56.1 Å². The van der Waals surface area contributed by atoms with E-state index in [1.165, 1.54) is 0 Å². The molecule has 4 aromatic rings. The summed E-state index contributed by atoms with van der Waals surface area (Å²) < 4.78 is 38.3. The Morgan fingerprint density at radius 2 is 1.51 bits per heavy atom. The number of amides is 4. The number of carbonyl (C=O) groups is 5. The average molecular weight is 1120 g/mol. The highest BCUT2D eigenvalue weighted by Crippen LogP contribution is 2.40. The van der Waals surface area contributed by atoms with E-state index in [1.807, 2.05) is 43.1 Å². The van der Waals surface area contributed by atoms with E-state index >= 15 is 0 Å². The van der Waals surface area contributed by atoms with E-state index in [2.05, 4.69) is 26.3 Å². The number of hydrogen-bond acceptors (Lipinski definition) is 21. The van der Waals surface area contributed by atoms with Gasteiger partial charge in [-0.05, 0) is 30.0 Å². The third-order valence-electron chi connectivity index (χ3n) is 14.0. The molecule has 3 saturated heterocycles. The van der Waals surface area contributed by atoms with Gasteiger partial charge in [0.25, 0.3) is 5.56 Å². The summed E-state index contributed by atoms with van der Waals surface area (Å²) in [6.45, 7) is 4.16. The first-order valence-electron chi connectivity index (χ1n) is 26.4. The van der Waals surface area contributed by atoms with Crippen molar-refractivity contribution in [2.75, 3.05) is 18.1 Å². The second kappa shape index (κ2) is 26.0. The highest BCUT2D eigenvalue weighted by molar-refractivity contribution is 6.00. The number of anilines is 1. The smallest absolute Gasteiger partial charge is 0.330 e. The van der Waals surface area contributed by atoms with Crippen LogP contribution in [0.3, 0.4) is 0 Å². The van der Waals surface area contributed by atoms with Gasteiger partial charge in [0.2, 0.25) is 23.6 Å². The Balaban J connectivity index is 0.899. The highest BCUT2D eigenvalue weighted by atomic mass is 16.8. The van der Waals surface area contributed by atoms with Crippen LogP contribution in [0.5, 0.6) is 0 Å². The summed E-state index contributed by atoms with van der Waals surface area (Å²) in [4.78, 5) is 93.3. The number of esters is 1. The van der Waals surface area contributed by atoms with Crippen molar-refractivity contribution in [2.24, 2.45) is 5.92 Å². The third kappa shape index (κ3) is 13.6. The number of allylic oxidation sites excluding steroid dienone is 1. The fourth-order valence-corrected chi connectivity index (χ4v) is 9.84. The van der Waals surface area contributed by atoms with E-state index in [-0.39, 0.29) is 31.3 Å². The molecule has 28 heteroatoms. The number of carbonyl (C=O) groups excluding carboxylic acids is 5. The summed E-state index contributed by atoms with van der Waals surface area (Å²) in [7, 11) is 0. The molecule has 0 aliphatic carbocycles. The van der Waals surface area contributed by atoms with Gasteiger partial charge < -0.3 is 80.3 Å². The van der Waals surface area contributed by atoms with Gasteiger partial charge in [0.05, 0.1) is 36.6 Å². The number of aliphatic hydroxyl groups excluding tert-OH is 7. The first-order chi connectivity index (χ1) is 38.6. The zero-order valence-electron chi connectivity index (χ0n) is 44.6. The minimum Gasteiger partial charge on any atom is -0.463 e. The van der Waals surface area contributed by atoms with E-state index in [0.717, 1.165) is 40.5 Å². The van der Waals surface area contributed by atoms with Crippen molar-refractivity contribution in [3.05, 3.63) is 99.3 Å². The number of rotatable bonds is 19. The minimum absolute atomic E-state index is 0.106. The number of hydrogen-bond donors (Lipinski definition) is 12. The maximum atomic E-state index is 13.9. The second-order valence-corrected chi connectivity index (χ2v) is 20.2. The standard InChI is InChI=1S/C52H65N9O19/c1-24(2)9-8-14-34(65)55-41-45(72)42(69)31(21-30(63)48-46(73)47(74)49(79-48)60-20-18-35(66)56-52(60)75)77-51(41)80-50-40(54-25(3)62)44(71)43(70)32(78-50)23-76-37(68)16-15-33(64)53-19-17-36(67)61-22-26-10-4-5-11-27(26)38-39(58-59-57-38)28-12-6-7-13-29(28)61/h4-8,10-14,18,20,24,30-32,40-51,63,69-74H,9,15-17,19,21-23H2,1-3H3,(H,53,64)(H,54,62)(H,55,65)(H,56,66,75)(H,57,58,59)/b14-8+/t30-,31-,32-,40-,41-,42+,43-,44-,45-,46+,47-,48-,49-,50-,51+/m1/s1/i/hT. The minimum atomic E-state index is -1.97. The molecule has 2 aromatic heterocycles. The normalized spacial score (nSPS) is 28.8. The van der Waals surface area contributed by atoms with Gasteiger partial charge in [0.1, 0.15) is 73.2 Å². The molecule has 12 N–H and O–H groups in total. The zero-order valence-corrected chi connectivity index (χ0v) is 43.6. The van der Waals surface area contributed by atoms with Crippen LogP contribution < -0.4 is 32.1 Å². The molecule has 0 radical (unpaired) electrons. The van der Waals surface area contributed by atoms with Crippen molar-refractivity contribution in [2.45, 2.75) is 151 Å². The molecule has 0 unspecified atom stereocenters. The number of aliphatic hydroxyl groups is 7. The summed E-state index contributed by atoms with van der Waals surface area (Å²) in [5.74, 6) is -3.28. The Kier molecular flexibility index (Phi) is 18.7. The highest BCUT2D eigenvalue weighted by Gasteiger charge is 2.53. The molecule has 0 bridgehead atoms. The summed E-state index contributed by atoms with van der Waals surface area (Å²) in [6, 6.07) is 12.0. The number of ether oxygens (including phenoxy) is 5. The van der Waals surface area contributed by atoms with Gasteiger partial charge in [-0.25, -0.2) is 4.79 Å². The number of benzene rings is 2. The van der Waals surface area contributed by atoms with Crippen LogP contribution in [0.1, 0.15) is 64.7 Å². The van der Waals surface area contributed by atoms with Crippen LogP contribution in [-0.4, -0.2) is 189 Å². The maximum absolute atomic E-state index is 13.9. The number of nitrogens with zero attached hydrogens (tertiary/aromatic N) is 4. The number of fused-ring (bicyclic) bond motifs is 5. The van der Waals surface area contributed by atoms with Crippen molar-refractivity contribution in [3.8, 4) is 22.5 Å². The molecule has 3 fully saturated rings. The monoisotopic (exact) mass is 1120 g/mol. The van der Waals surface area contributed by atoms with Crippen LogP contribution in [0.2, 0.25) is 1.41 Å². The fraction of sp³-hybridized carbons (Fsp3) is 0.519. The predicted octanol–water partition coefficient (Wildman–Crippen LogP) is -2.76. The van der Waals surface area contributed by atoms with Crippen LogP contribution in [-0.2, 0) is 54.2 Å². The van der Waals surface area contributed by atoms with E-state index in [1.54, 1.807) is 35.2 Å². The predicted molar refractivity (Wildman–Crippen MR) is 275 cm³/mol. The molecule has 15 atom stereocenters. The molecule has 4 aliphatic rings. The number of nitrogens with one attached hydrogen (secondary N) is 5. The van der Waals surface area contributed by atoms with Gasteiger partial charge in [-0.1, -0.05) is 67.6 Å². The molecule has 0 spiro atoms. The first-order valence-corrected chi connectivity index (χ1v) is 25.9. The van der Waals surface area contributed by atoms with Gasteiger partial charge in [0.15, 0.2) is 20.2 Å². The van der Waals surface area contributed by atoms with E-state index in [9.17, 15) is 69.3 Å². The van der Waals surface area contributed by atoms with E-state index < -0.39 is 153 Å². The molecule has 80 heavy (non-hydrogen) atoms. The average Bonchev–Trinajstić information content (AvgIpc) is 4.01. The topological polar surface area (TPSA) is 409 Å². The number of H-pyrrole nitrogens is 2. The maximum Gasteiger partial charge on any atom is 0.330 e. The lowest BCUT2D eigenvalue weighted by Crippen LogP contribution is -2.69. The van der Waals surface area contributed by atoms with E-state index in [4.69, 9.17) is 25.1 Å². The number of aromatic amines is 2. The summed E-state index contributed by atoms with van der Waals surface area (Å²) in [5.41, 5.74) is 1.64. The molecular formula is C52H65N9O19. The van der Waals surface area contributed by atoms with Crippen LogP contribution in [0.25, 0.3) is 22.5 Å². The van der Waals surface area contributed by atoms with Crippen molar-refractivity contribution in [1.29, 1.82) is 0 Å². The quantitative estimate of drug-likeness (QED) is 0.0334. The SMILES string of the molecule is [3H]n1nnc2c1-c1ccccc1CN(C(=O)CCNC(=O)CCC(=O)OC[C@H]1O[C@H](O[C@@H]3O[C@H](C[C@@H](O)[C@H]4O[C@@H](n5ccc(=O)[nH]c5=O)[C@H](O)[C@@H]4O)[C@H](O)[C@H](O)[C@H]3NC(=O)/C=C/CC(C)C)[C@H](NC(C)=O)[C@@H](O)[C@@H]1O)c1ccccc1-2. The van der Waals surface area contributed by atoms with Crippen LogP contribution >= 0.6 is 0 Å². The number of aromatic nitrogens is 5. The summed E-state index contributed by atoms with van der Waals surface area (Å²) >= 11 is 0. The van der Waals surface area contributed by atoms with Crippen LogP contribution in [0.4, 0.5) is 5.69 Å². The molecule has 432 valence electrons. The Bertz CT molecular complexity index is 3060. The Labute approximate surface area is 457 Å².